The average molecular weight is 566 g/mol. The summed E-state index contributed by atoms with van der Waals surface area (Å²) < 4.78 is 12.0. The summed E-state index contributed by atoms with van der Waals surface area (Å²) in [5.74, 6) is 0.926. The number of aliphatic hydroxyl groups is 1. The molecule has 0 radical (unpaired) electrons. The van der Waals surface area contributed by atoms with Crippen LogP contribution in [-0.2, 0) is 12.8 Å². The van der Waals surface area contributed by atoms with Crippen molar-refractivity contribution in [2.45, 2.75) is 31.4 Å². The molecule has 4 aromatic rings. The Balaban J connectivity index is 0.00000353. The van der Waals surface area contributed by atoms with E-state index in [0.29, 0.717) is 34.6 Å². The number of para-hydroxylation sites is 1. The molecule has 0 amide bonds. The molecule has 0 fully saturated rings. The summed E-state index contributed by atoms with van der Waals surface area (Å²) in [4.78, 5) is 11.7. The Morgan fingerprint density at radius 3 is 2.33 bits per heavy atom. The number of nitrogens with one attached hydrogen (secondary N) is 1. The highest BCUT2D eigenvalue weighted by molar-refractivity contribution is 6.30. The van der Waals surface area contributed by atoms with Gasteiger partial charge in [-0.1, -0.05) is 48.0 Å². The number of carboxylic acid groups (broad SMARTS) is 1. The van der Waals surface area contributed by atoms with Crippen LogP contribution in [0.1, 0.15) is 39.6 Å². The molecule has 5 rings (SSSR count). The fraction of sp³-hybridized carbons (Fsp3) is 0.194. The van der Waals surface area contributed by atoms with Gasteiger partial charge in [-0.25, -0.2) is 4.79 Å². The summed E-state index contributed by atoms with van der Waals surface area (Å²) in [6.45, 7) is 0.433. The zero-order chi connectivity index (χ0) is 26.5. The molecule has 0 aromatic heterocycles. The molecule has 39 heavy (non-hydrogen) atoms. The van der Waals surface area contributed by atoms with E-state index < -0.39 is 12.1 Å². The number of hydrogen-bond acceptors (Lipinski definition) is 5. The molecule has 0 bridgehead atoms. The quantitative estimate of drug-likeness (QED) is 0.198. The maximum absolute atomic E-state index is 11.7. The number of hydrogen-bond donors (Lipinski definition) is 3. The molecule has 4 aromatic carbocycles. The summed E-state index contributed by atoms with van der Waals surface area (Å²) in [6.07, 6.45) is 2.05. The lowest BCUT2D eigenvalue weighted by Crippen LogP contribution is -2.37. The van der Waals surface area contributed by atoms with Gasteiger partial charge in [0.2, 0.25) is 0 Å². The Morgan fingerprint density at radius 2 is 1.62 bits per heavy atom. The van der Waals surface area contributed by atoms with Crippen LogP contribution in [0.3, 0.4) is 0 Å². The van der Waals surface area contributed by atoms with Crippen molar-refractivity contribution in [3.8, 4) is 23.0 Å². The fourth-order valence-electron chi connectivity index (χ4n) is 4.65. The lowest BCUT2D eigenvalue weighted by molar-refractivity contribution is 0.0696. The largest absolute Gasteiger partial charge is 0.478 e. The van der Waals surface area contributed by atoms with Crippen LogP contribution in [-0.4, -0.2) is 28.8 Å². The Morgan fingerprint density at radius 1 is 0.872 bits per heavy atom. The van der Waals surface area contributed by atoms with E-state index in [1.54, 1.807) is 30.3 Å². The lowest BCUT2D eigenvalue weighted by Gasteiger charge is -2.27. The van der Waals surface area contributed by atoms with Gasteiger partial charge < -0.3 is 25.0 Å². The van der Waals surface area contributed by atoms with Crippen molar-refractivity contribution in [1.82, 2.24) is 5.32 Å². The van der Waals surface area contributed by atoms with Crippen molar-refractivity contribution in [3.05, 3.63) is 118 Å². The van der Waals surface area contributed by atoms with E-state index in [2.05, 4.69) is 11.4 Å². The van der Waals surface area contributed by atoms with Gasteiger partial charge in [0, 0.05) is 23.7 Å². The van der Waals surface area contributed by atoms with E-state index in [4.69, 9.17) is 21.1 Å². The number of aliphatic hydroxyl groups excluding tert-OH is 1. The Labute approximate surface area is 238 Å². The molecule has 1 aliphatic rings. The van der Waals surface area contributed by atoms with E-state index in [1.807, 2.05) is 42.5 Å². The standard InChI is InChI=1S/C31H28ClNO5.ClH/c32-24-6-4-5-21(13-24)30(34)19-33-25-11-9-20-10-12-27(15-22(20)14-25)38-29-17-23(31(35)36)16-28(18-29)37-26-7-2-1-3-8-26;/h1-8,10,12-13,15-18,25,30,33-34H,9,11,14,19H2,(H,35,36);1H/t25-,30+;/m0./s1. The SMILES string of the molecule is Cl.O=C(O)c1cc(Oc2ccccc2)cc(Oc2ccc3c(c2)C[C@@H](NC[C@@H](O)c2cccc(Cl)c2)CC3)c1. The third kappa shape index (κ3) is 7.52. The van der Waals surface area contributed by atoms with Crippen molar-refractivity contribution in [1.29, 1.82) is 0 Å². The number of aromatic carboxylic acids is 1. The molecule has 1 aliphatic carbocycles. The third-order valence-corrected chi connectivity index (χ3v) is 6.82. The molecular weight excluding hydrogens is 537 g/mol. The molecule has 6 nitrogen and oxygen atoms in total. The first-order valence-corrected chi connectivity index (χ1v) is 12.9. The first-order valence-electron chi connectivity index (χ1n) is 12.5. The van der Waals surface area contributed by atoms with E-state index in [1.165, 1.54) is 23.3 Å². The topological polar surface area (TPSA) is 88.0 Å². The second kappa shape index (κ2) is 13.0. The molecule has 2 atom stereocenters. The molecule has 202 valence electrons. The zero-order valence-electron chi connectivity index (χ0n) is 21.0. The molecule has 0 unspecified atom stereocenters. The van der Waals surface area contributed by atoms with Crippen LogP contribution in [0.5, 0.6) is 23.0 Å². The zero-order valence-corrected chi connectivity index (χ0v) is 22.6. The monoisotopic (exact) mass is 565 g/mol. The predicted octanol–water partition coefficient (Wildman–Crippen LogP) is 7.23. The van der Waals surface area contributed by atoms with Crippen molar-refractivity contribution in [2.24, 2.45) is 0 Å². The molecular formula is C31H29Cl2NO5. The van der Waals surface area contributed by atoms with Gasteiger partial charge in [-0.2, -0.15) is 0 Å². The first-order chi connectivity index (χ1) is 18.4. The Bertz CT molecular complexity index is 1430. The van der Waals surface area contributed by atoms with E-state index >= 15 is 0 Å². The number of ether oxygens (including phenoxy) is 2. The van der Waals surface area contributed by atoms with Crippen molar-refractivity contribution >= 4 is 30.0 Å². The number of benzene rings is 4. The Kier molecular flexibility index (Phi) is 9.49. The molecule has 0 saturated heterocycles. The summed E-state index contributed by atoms with van der Waals surface area (Å²) in [5.41, 5.74) is 3.29. The minimum Gasteiger partial charge on any atom is -0.478 e. The lowest BCUT2D eigenvalue weighted by atomic mass is 9.88. The van der Waals surface area contributed by atoms with Gasteiger partial charge in [0.25, 0.3) is 0 Å². The van der Waals surface area contributed by atoms with Gasteiger partial charge in [-0.05, 0) is 84.5 Å². The normalized spacial score (nSPS) is 15.0. The second-order valence-electron chi connectivity index (χ2n) is 9.36. The molecule has 8 heteroatoms. The van der Waals surface area contributed by atoms with E-state index in [-0.39, 0.29) is 24.0 Å². The average Bonchev–Trinajstić information content (AvgIpc) is 2.92. The minimum atomic E-state index is -1.06. The molecule has 3 N–H and O–H groups in total. The van der Waals surface area contributed by atoms with Crippen LogP contribution in [0.4, 0.5) is 0 Å². The third-order valence-electron chi connectivity index (χ3n) is 6.58. The minimum absolute atomic E-state index is 0. The van der Waals surface area contributed by atoms with Gasteiger partial charge in [-0.15, -0.1) is 12.4 Å². The number of carbonyl (C=O) groups is 1. The van der Waals surface area contributed by atoms with Crippen LogP contribution < -0.4 is 14.8 Å². The predicted molar refractivity (Wildman–Crippen MR) is 154 cm³/mol. The van der Waals surface area contributed by atoms with Crippen LogP contribution in [0.15, 0.2) is 91.0 Å². The van der Waals surface area contributed by atoms with Crippen LogP contribution in [0.2, 0.25) is 5.02 Å². The molecule has 0 saturated carbocycles. The molecule has 0 heterocycles. The van der Waals surface area contributed by atoms with Crippen LogP contribution >= 0.6 is 24.0 Å². The van der Waals surface area contributed by atoms with Gasteiger partial charge in [0.1, 0.15) is 23.0 Å². The summed E-state index contributed by atoms with van der Waals surface area (Å²) >= 11 is 6.06. The number of fused-ring (bicyclic) bond motifs is 1. The van der Waals surface area contributed by atoms with Crippen molar-refractivity contribution < 1.29 is 24.5 Å². The fourth-order valence-corrected chi connectivity index (χ4v) is 4.85. The first kappa shape index (κ1) is 28.5. The second-order valence-corrected chi connectivity index (χ2v) is 9.80. The van der Waals surface area contributed by atoms with Gasteiger partial charge in [0.15, 0.2) is 0 Å². The Hall–Kier alpha value is -3.55. The van der Waals surface area contributed by atoms with Gasteiger partial charge in [-0.3, -0.25) is 0 Å². The smallest absolute Gasteiger partial charge is 0.335 e. The number of halogens is 2. The maximum atomic E-state index is 11.7. The molecule has 0 spiro atoms. The molecule has 0 aliphatic heterocycles. The van der Waals surface area contributed by atoms with Crippen molar-refractivity contribution in [3.63, 3.8) is 0 Å². The highest BCUT2D eigenvalue weighted by Crippen LogP contribution is 2.33. The van der Waals surface area contributed by atoms with Crippen LogP contribution in [0.25, 0.3) is 0 Å². The highest BCUT2D eigenvalue weighted by atomic mass is 35.5. The van der Waals surface area contributed by atoms with Gasteiger partial charge in [0.05, 0.1) is 11.7 Å². The summed E-state index contributed by atoms with van der Waals surface area (Å²) in [7, 11) is 0. The number of aryl methyl sites for hydroxylation is 1. The van der Waals surface area contributed by atoms with Gasteiger partial charge >= 0.3 is 5.97 Å². The van der Waals surface area contributed by atoms with E-state index in [9.17, 15) is 15.0 Å². The van der Waals surface area contributed by atoms with E-state index in [0.717, 1.165) is 24.8 Å². The summed E-state index contributed by atoms with van der Waals surface area (Å²) in [5, 5.41) is 24.2. The number of rotatable bonds is 9. The maximum Gasteiger partial charge on any atom is 0.335 e. The van der Waals surface area contributed by atoms with Crippen LogP contribution in [0, 0.1) is 0 Å². The number of carboxylic acids is 1. The van der Waals surface area contributed by atoms with Crippen molar-refractivity contribution in [2.75, 3.05) is 6.54 Å². The summed E-state index contributed by atoms with van der Waals surface area (Å²) in [6, 6.07) is 27.3. The highest BCUT2D eigenvalue weighted by Gasteiger charge is 2.20.